The average Bonchev–Trinajstić information content (AvgIpc) is 2.34. The number of nitrogens with zero attached hydrogens (tertiary/aromatic N) is 2. The van der Waals surface area contributed by atoms with Crippen molar-refractivity contribution in [2.45, 2.75) is 13.0 Å². The molecule has 1 aromatic carbocycles. The van der Waals surface area contributed by atoms with E-state index in [4.69, 9.17) is 10.2 Å². The first-order valence-corrected chi connectivity index (χ1v) is 5.30. The molecule has 0 aliphatic rings. The quantitative estimate of drug-likeness (QED) is 0.570. The van der Waals surface area contributed by atoms with Crippen molar-refractivity contribution in [2.75, 3.05) is 25.1 Å². The fraction of sp³-hybridized carbons (Fsp3) is 0.455. The Labute approximate surface area is 99.3 Å². The Balaban J connectivity index is 2.92. The highest BCUT2D eigenvalue weighted by Gasteiger charge is 2.14. The second-order valence-corrected chi connectivity index (χ2v) is 3.73. The van der Waals surface area contributed by atoms with Crippen LogP contribution in [0.25, 0.3) is 0 Å². The van der Waals surface area contributed by atoms with Crippen LogP contribution in [0.2, 0.25) is 0 Å². The molecule has 1 aromatic rings. The van der Waals surface area contributed by atoms with Crippen LogP contribution in [0, 0.1) is 10.1 Å². The molecule has 0 aliphatic heterocycles. The lowest BCUT2D eigenvalue weighted by atomic mass is 10.1. The molecule has 0 radical (unpaired) electrons. The molecular weight excluding hydrogens is 224 g/mol. The molecule has 17 heavy (non-hydrogen) atoms. The molecule has 0 bridgehead atoms. The van der Waals surface area contributed by atoms with E-state index in [0.29, 0.717) is 18.5 Å². The SMILES string of the molecule is CN(CCCO)c1ccc([N+](=O)[O-])c(CO)c1. The molecule has 2 N–H and O–H groups in total. The Bertz CT molecular complexity index is 395. The smallest absolute Gasteiger partial charge is 0.275 e. The highest BCUT2D eigenvalue weighted by atomic mass is 16.6. The Morgan fingerprint density at radius 1 is 1.41 bits per heavy atom. The van der Waals surface area contributed by atoms with Gasteiger partial charge in [-0.05, 0) is 18.6 Å². The maximum atomic E-state index is 10.7. The van der Waals surface area contributed by atoms with Gasteiger partial charge < -0.3 is 15.1 Å². The molecule has 1 rings (SSSR count). The summed E-state index contributed by atoms with van der Waals surface area (Å²) in [7, 11) is 1.83. The Kier molecular flexibility index (Phi) is 4.86. The largest absolute Gasteiger partial charge is 0.396 e. The van der Waals surface area contributed by atoms with Crippen LogP contribution < -0.4 is 4.90 Å². The minimum atomic E-state index is -0.511. The molecule has 0 heterocycles. The van der Waals surface area contributed by atoms with Crippen molar-refractivity contribution in [3.05, 3.63) is 33.9 Å². The van der Waals surface area contributed by atoms with Crippen molar-refractivity contribution in [1.29, 1.82) is 0 Å². The molecule has 6 nitrogen and oxygen atoms in total. The van der Waals surface area contributed by atoms with Crippen molar-refractivity contribution >= 4 is 11.4 Å². The number of aliphatic hydroxyl groups is 2. The Hall–Kier alpha value is -1.66. The molecule has 0 amide bonds. The van der Waals surface area contributed by atoms with Gasteiger partial charge in [0.25, 0.3) is 5.69 Å². The summed E-state index contributed by atoms with van der Waals surface area (Å²) in [5.74, 6) is 0. The highest BCUT2D eigenvalue weighted by Crippen LogP contribution is 2.24. The predicted molar refractivity (Wildman–Crippen MR) is 64.0 cm³/mol. The maximum absolute atomic E-state index is 10.7. The normalized spacial score (nSPS) is 10.3. The number of nitro benzene ring substituents is 1. The number of anilines is 1. The van der Waals surface area contributed by atoms with Crippen LogP contribution in [-0.2, 0) is 6.61 Å². The van der Waals surface area contributed by atoms with Gasteiger partial charge in [-0.1, -0.05) is 0 Å². The van der Waals surface area contributed by atoms with Crippen molar-refractivity contribution < 1.29 is 15.1 Å². The van der Waals surface area contributed by atoms with Gasteiger partial charge in [-0.2, -0.15) is 0 Å². The summed E-state index contributed by atoms with van der Waals surface area (Å²) >= 11 is 0. The van der Waals surface area contributed by atoms with E-state index < -0.39 is 4.92 Å². The molecule has 6 heteroatoms. The van der Waals surface area contributed by atoms with Gasteiger partial charge in [0.2, 0.25) is 0 Å². The van der Waals surface area contributed by atoms with E-state index in [1.54, 1.807) is 12.1 Å². The number of rotatable bonds is 6. The number of hydrogen-bond donors (Lipinski definition) is 2. The molecule has 0 aromatic heterocycles. The topological polar surface area (TPSA) is 86.8 Å². The summed E-state index contributed by atoms with van der Waals surface area (Å²) in [4.78, 5) is 12.0. The summed E-state index contributed by atoms with van der Waals surface area (Å²) in [6, 6.07) is 4.61. The van der Waals surface area contributed by atoms with Crippen LogP contribution in [-0.4, -0.2) is 35.3 Å². The lowest BCUT2D eigenvalue weighted by Gasteiger charge is -2.19. The molecule has 0 saturated heterocycles. The van der Waals surface area contributed by atoms with Gasteiger partial charge in [0, 0.05) is 32.0 Å². The Morgan fingerprint density at radius 3 is 2.65 bits per heavy atom. The minimum absolute atomic E-state index is 0.0770. The third kappa shape index (κ3) is 3.40. The first-order valence-electron chi connectivity index (χ1n) is 5.30. The van der Waals surface area contributed by atoms with Crippen molar-refractivity contribution in [2.24, 2.45) is 0 Å². The highest BCUT2D eigenvalue weighted by molar-refractivity contribution is 5.55. The zero-order chi connectivity index (χ0) is 12.8. The van der Waals surface area contributed by atoms with Crippen molar-refractivity contribution in [3.63, 3.8) is 0 Å². The number of hydrogen-bond acceptors (Lipinski definition) is 5. The molecular formula is C11H16N2O4. The van der Waals surface area contributed by atoms with Crippen LogP contribution in [0.4, 0.5) is 11.4 Å². The molecule has 0 atom stereocenters. The van der Waals surface area contributed by atoms with E-state index in [1.807, 2.05) is 11.9 Å². The van der Waals surface area contributed by atoms with Crippen LogP contribution in [0.15, 0.2) is 18.2 Å². The fourth-order valence-electron chi connectivity index (χ4n) is 1.55. The lowest BCUT2D eigenvalue weighted by Crippen LogP contribution is -2.19. The summed E-state index contributed by atoms with van der Waals surface area (Å²) in [6.45, 7) is 0.390. The fourth-order valence-corrected chi connectivity index (χ4v) is 1.55. The molecule has 94 valence electrons. The molecule has 0 aliphatic carbocycles. The maximum Gasteiger partial charge on any atom is 0.275 e. The first-order chi connectivity index (χ1) is 8.10. The summed E-state index contributed by atoms with van der Waals surface area (Å²) in [5.41, 5.74) is 1.00. The number of nitro groups is 1. The summed E-state index contributed by atoms with van der Waals surface area (Å²) in [5, 5.41) is 28.5. The molecule has 0 fully saturated rings. The second-order valence-electron chi connectivity index (χ2n) is 3.73. The zero-order valence-corrected chi connectivity index (χ0v) is 9.67. The first kappa shape index (κ1) is 13.4. The standard InChI is InChI=1S/C11H16N2O4/c1-12(5-2-6-14)10-3-4-11(13(16)17)9(7-10)8-15/h3-4,7,14-15H,2,5-6,8H2,1H3. The second kappa shape index (κ2) is 6.17. The van der Waals surface area contributed by atoms with E-state index in [1.165, 1.54) is 6.07 Å². The minimum Gasteiger partial charge on any atom is -0.396 e. The van der Waals surface area contributed by atoms with Gasteiger partial charge >= 0.3 is 0 Å². The van der Waals surface area contributed by atoms with E-state index in [2.05, 4.69) is 0 Å². The third-order valence-corrected chi connectivity index (χ3v) is 2.52. The molecule has 0 saturated carbocycles. The van der Waals surface area contributed by atoms with Gasteiger partial charge in [-0.15, -0.1) is 0 Å². The molecule has 0 spiro atoms. The monoisotopic (exact) mass is 240 g/mol. The van der Waals surface area contributed by atoms with E-state index in [-0.39, 0.29) is 18.9 Å². The average molecular weight is 240 g/mol. The van der Waals surface area contributed by atoms with Crippen LogP contribution in [0.3, 0.4) is 0 Å². The number of aliphatic hydroxyl groups excluding tert-OH is 2. The van der Waals surface area contributed by atoms with Crippen LogP contribution in [0.1, 0.15) is 12.0 Å². The van der Waals surface area contributed by atoms with E-state index >= 15 is 0 Å². The Morgan fingerprint density at radius 2 is 2.12 bits per heavy atom. The summed E-state index contributed by atoms with van der Waals surface area (Å²) in [6.07, 6.45) is 0.627. The van der Waals surface area contributed by atoms with Gasteiger partial charge in [0.15, 0.2) is 0 Å². The van der Waals surface area contributed by atoms with Gasteiger partial charge in [0.1, 0.15) is 0 Å². The number of benzene rings is 1. The van der Waals surface area contributed by atoms with Crippen LogP contribution >= 0.6 is 0 Å². The molecule has 0 unspecified atom stereocenters. The van der Waals surface area contributed by atoms with Gasteiger partial charge in [0.05, 0.1) is 17.1 Å². The van der Waals surface area contributed by atoms with Crippen molar-refractivity contribution in [3.8, 4) is 0 Å². The van der Waals surface area contributed by atoms with E-state index in [9.17, 15) is 10.1 Å². The predicted octanol–water partition coefficient (Wildman–Crippen LogP) is 0.906. The lowest BCUT2D eigenvalue weighted by molar-refractivity contribution is -0.385. The summed E-state index contributed by atoms with van der Waals surface area (Å²) < 4.78 is 0. The van der Waals surface area contributed by atoms with Crippen LogP contribution in [0.5, 0.6) is 0 Å². The van der Waals surface area contributed by atoms with Gasteiger partial charge in [-0.3, -0.25) is 10.1 Å². The van der Waals surface area contributed by atoms with Gasteiger partial charge in [-0.25, -0.2) is 0 Å². The van der Waals surface area contributed by atoms with E-state index in [0.717, 1.165) is 5.69 Å². The third-order valence-electron chi connectivity index (χ3n) is 2.52. The zero-order valence-electron chi connectivity index (χ0n) is 9.67. The van der Waals surface area contributed by atoms with Crippen molar-refractivity contribution in [1.82, 2.24) is 0 Å².